The number of hydrogen-bond donors (Lipinski definition) is 3. The minimum Gasteiger partial charge on any atom is -0.342 e. The Labute approximate surface area is 172 Å². The molecule has 2 aromatic carbocycles. The number of carbonyl (C=O) groups is 1. The minimum absolute atomic E-state index is 0.112. The first-order valence-corrected chi connectivity index (χ1v) is 10.4. The molecule has 0 spiro atoms. The topological polar surface area (TPSA) is 99.3 Å². The van der Waals surface area contributed by atoms with Gasteiger partial charge in [-0.2, -0.15) is 5.10 Å². The van der Waals surface area contributed by atoms with E-state index in [-0.39, 0.29) is 17.9 Å². The van der Waals surface area contributed by atoms with Gasteiger partial charge in [0.05, 0.1) is 17.1 Å². The summed E-state index contributed by atoms with van der Waals surface area (Å²) in [6.07, 6.45) is 1.49. The van der Waals surface area contributed by atoms with Crippen LogP contribution in [0, 0.1) is 5.92 Å². The zero-order chi connectivity index (χ0) is 20.2. The number of carbonyl (C=O) groups excluding carboxylic acids is 1. The number of rotatable bonds is 7. The fourth-order valence-electron chi connectivity index (χ4n) is 3.06. The Morgan fingerprint density at radius 3 is 2.62 bits per heavy atom. The first-order chi connectivity index (χ1) is 14.1. The fourth-order valence-corrected chi connectivity index (χ4v) is 3.80. The van der Waals surface area contributed by atoms with Gasteiger partial charge in [-0.1, -0.05) is 49.9 Å². The van der Waals surface area contributed by atoms with Crippen LogP contribution in [0.4, 0.5) is 0 Å². The number of para-hydroxylation sites is 2. The molecule has 2 aromatic heterocycles. The Bertz CT molecular complexity index is 1060. The summed E-state index contributed by atoms with van der Waals surface area (Å²) in [7, 11) is 0. The van der Waals surface area contributed by atoms with E-state index in [1.54, 1.807) is 11.8 Å². The summed E-state index contributed by atoms with van der Waals surface area (Å²) in [5.41, 5.74) is 3.60. The lowest BCUT2D eigenvalue weighted by Crippen LogP contribution is -2.32. The standard InChI is InChI=1S/C21H22N6OS/c1-13(2)18(19-24-16-5-3-4-6-17(16)25-19)26-20(28)15-9-7-14(8-10-15)11-29-21-22-12-23-27-21/h3-10,12-13,18H,11H2,1-2H3,(H,24,25)(H,26,28)(H,22,23,27). The second-order valence-corrected chi connectivity index (χ2v) is 8.07. The first kappa shape index (κ1) is 19.2. The highest BCUT2D eigenvalue weighted by atomic mass is 32.2. The van der Waals surface area contributed by atoms with E-state index in [1.165, 1.54) is 6.33 Å². The Morgan fingerprint density at radius 2 is 1.93 bits per heavy atom. The maximum Gasteiger partial charge on any atom is 0.251 e. The molecule has 4 rings (SSSR count). The molecule has 0 saturated heterocycles. The van der Waals surface area contributed by atoms with Crippen LogP contribution in [0.25, 0.3) is 11.0 Å². The van der Waals surface area contributed by atoms with E-state index in [0.717, 1.165) is 33.3 Å². The van der Waals surface area contributed by atoms with E-state index in [9.17, 15) is 4.79 Å². The Morgan fingerprint density at radius 1 is 1.14 bits per heavy atom. The molecule has 29 heavy (non-hydrogen) atoms. The molecule has 8 heteroatoms. The predicted molar refractivity (Wildman–Crippen MR) is 114 cm³/mol. The first-order valence-electron chi connectivity index (χ1n) is 9.43. The van der Waals surface area contributed by atoms with E-state index in [0.29, 0.717) is 5.56 Å². The van der Waals surface area contributed by atoms with Crippen molar-refractivity contribution in [2.45, 2.75) is 30.8 Å². The molecule has 148 valence electrons. The third-order valence-corrected chi connectivity index (χ3v) is 5.59. The predicted octanol–water partition coefficient (Wildman–Crippen LogP) is 4.10. The quantitative estimate of drug-likeness (QED) is 0.401. The summed E-state index contributed by atoms with van der Waals surface area (Å²) in [5.74, 6) is 1.61. The van der Waals surface area contributed by atoms with Gasteiger partial charge in [0.25, 0.3) is 5.91 Å². The average Bonchev–Trinajstić information content (AvgIpc) is 3.39. The third-order valence-electron chi connectivity index (χ3n) is 4.64. The van der Waals surface area contributed by atoms with Gasteiger partial charge in [0.15, 0.2) is 5.16 Å². The van der Waals surface area contributed by atoms with E-state index in [1.807, 2.05) is 48.5 Å². The van der Waals surface area contributed by atoms with Crippen LogP contribution in [0.3, 0.4) is 0 Å². The van der Waals surface area contributed by atoms with Crippen LogP contribution in [0.1, 0.15) is 41.6 Å². The number of aromatic nitrogens is 5. The van der Waals surface area contributed by atoms with Crippen LogP contribution in [0.2, 0.25) is 0 Å². The van der Waals surface area contributed by atoms with Crippen molar-refractivity contribution in [1.82, 2.24) is 30.5 Å². The molecule has 4 aromatic rings. The van der Waals surface area contributed by atoms with Crippen molar-refractivity contribution in [3.8, 4) is 0 Å². The van der Waals surface area contributed by atoms with Crippen molar-refractivity contribution in [1.29, 1.82) is 0 Å². The summed E-state index contributed by atoms with van der Waals surface area (Å²) < 4.78 is 0. The Hall–Kier alpha value is -3.13. The van der Waals surface area contributed by atoms with Gasteiger partial charge in [0, 0.05) is 11.3 Å². The molecule has 0 fully saturated rings. The van der Waals surface area contributed by atoms with Gasteiger partial charge in [0.2, 0.25) is 0 Å². The second kappa shape index (κ2) is 8.48. The van der Waals surface area contributed by atoms with E-state index < -0.39 is 0 Å². The lowest BCUT2D eigenvalue weighted by atomic mass is 10.0. The number of H-pyrrole nitrogens is 2. The Kier molecular flexibility index (Phi) is 5.62. The smallest absolute Gasteiger partial charge is 0.251 e. The average molecular weight is 407 g/mol. The van der Waals surface area contributed by atoms with Crippen molar-refractivity contribution in [3.63, 3.8) is 0 Å². The molecule has 0 aliphatic rings. The van der Waals surface area contributed by atoms with Crippen LogP contribution in [-0.2, 0) is 5.75 Å². The highest BCUT2D eigenvalue weighted by Gasteiger charge is 2.22. The molecule has 0 aliphatic carbocycles. The number of amides is 1. The lowest BCUT2D eigenvalue weighted by molar-refractivity contribution is 0.0923. The number of benzene rings is 2. The number of hydrogen-bond acceptors (Lipinski definition) is 5. The summed E-state index contributed by atoms with van der Waals surface area (Å²) in [6.45, 7) is 4.14. The molecule has 0 aliphatic heterocycles. The monoisotopic (exact) mass is 406 g/mol. The molecule has 1 atom stereocenters. The minimum atomic E-state index is -0.198. The second-order valence-electron chi connectivity index (χ2n) is 7.11. The number of aromatic amines is 2. The fraction of sp³-hybridized carbons (Fsp3) is 0.238. The Balaban J connectivity index is 1.44. The normalized spacial score (nSPS) is 12.4. The molecule has 0 bridgehead atoms. The van der Waals surface area contributed by atoms with Crippen molar-refractivity contribution in [2.75, 3.05) is 0 Å². The zero-order valence-corrected chi connectivity index (χ0v) is 17.0. The van der Waals surface area contributed by atoms with E-state index >= 15 is 0 Å². The van der Waals surface area contributed by atoms with Gasteiger partial charge in [-0.15, -0.1) is 0 Å². The molecule has 3 N–H and O–H groups in total. The van der Waals surface area contributed by atoms with Gasteiger partial charge >= 0.3 is 0 Å². The lowest BCUT2D eigenvalue weighted by Gasteiger charge is -2.20. The number of imidazole rings is 1. The van der Waals surface area contributed by atoms with Crippen LogP contribution >= 0.6 is 11.8 Å². The third kappa shape index (κ3) is 4.48. The molecule has 7 nitrogen and oxygen atoms in total. The maximum absolute atomic E-state index is 12.8. The van der Waals surface area contributed by atoms with Crippen molar-refractivity contribution >= 4 is 28.7 Å². The van der Waals surface area contributed by atoms with E-state index in [4.69, 9.17) is 0 Å². The van der Waals surface area contributed by atoms with Crippen LogP contribution in [-0.4, -0.2) is 31.1 Å². The molecular weight excluding hydrogens is 384 g/mol. The van der Waals surface area contributed by atoms with Crippen LogP contribution < -0.4 is 5.32 Å². The summed E-state index contributed by atoms with van der Waals surface area (Å²) in [5, 5.41) is 10.6. The van der Waals surface area contributed by atoms with Gasteiger partial charge in [-0.05, 0) is 35.7 Å². The maximum atomic E-state index is 12.8. The summed E-state index contributed by atoms with van der Waals surface area (Å²) in [4.78, 5) is 24.9. The van der Waals surface area contributed by atoms with E-state index in [2.05, 4.69) is 44.3 Å². The largest absolute Gasteiger partial charge is 0.342 e. The molecule has 1 amide bonds. The summed E-state index contributed by atoms with van der Waals surface area (Å²) >= 11 is 1.57. The molecule has 0 radical (unpaired) electrons. The highest BCUT2D eigenvalue weighted by molar-refractivity contribution is 7.98. The molecule has 1 unspecified atom stereocenters. The molecular formula is C21H22N6OS. The number of nitrogens with one attached hydrogen (secondary N) is 3. The zero-order valence-electron chi connectivity index (χ0n) is 16.2. The molecule has 0 saturated carbocycles. The number of fused-ring (bicyclic) bond motifs is 1. The van der Waals surface area contributed by atoms with Gasteiger partial charge < -0.3 is 10.3 Å². The number of nitrogens with zero attached hydrogens (tertiary/aromatic N) is 3. The van der Waals surface area contributed by atoms with Crippen LogP contribution in [0.5, 0.6) is 0 Å². The van der Waals surface area contributed by atoms with Crippen molar-refractivity contribution in [2.24, 2.45) is 5.92 Å². The van der Waals surface area contributed by atoms with Gasteiger partial charge in [-0.25, -0.2) is 9.97 Å². The highest BCUT2D eigenvalue weighted by Crippen LogP contribution is 2.23. The molecule has 2 heterocycles. The number of thioether (sulfide) groups is 1. The van der Waals surface area contributed by atoms with Crippen molar-refractivity contribution < 1.29 is 4.79 Å². The van der Waals surface area contributed by atoms with Crippen LogP contribution in [0.15, 0.2) is 60.0 Å². The summed E-state index contributed by atoms with van der Waals surface area (Å²) in [6, 6.07) is 15.3. The van der Waals surface area contributed by atoms with Gasteiger partial charge in [-0.3, -0.25) is 9.89 Å². The van der Waals surface area contributed by atoms with Crippen molar-refractivity contribution in [3.05, 3.63) is 71.8 Å². The SMILES string of the molecule is CC(C)C(NC(=O)c1ccc(CSc2ncn[nH]2)cc1)c1nc2ccccc2[nH]1. The van der Waals surface area contributed by atoms with Gasteiger partial charge in [0.1, 0.15) is 12.2 Å².